The van der Waals surface area contributed by atoms with Gasteiger partial charge in [0.25, 0.3) is 0 Å². The van der Waals surface area contributed by atoms with Gasteiger partial charge in [-0.05, 0) is 14.1 Å². The molecule has 0 radical (unpaired) electrons. The van der Waals surface area contributed by atoms with Gasteiger partial charge in [-0.25, -0.2) is 14.8 Å². The van der Waals surface area contributed by atoms with Crippen molar-refractivity contribution < 1.29 is 14.6 Å². The third-order valence-corrected chi connectivity index (χ3v) is 2.29. The van der Waals surface area contributed by atoms with E-state index in [1.165, 1.54) is 6.20 Å². The zero-order valence-electron chi connectivity index (χ0n) is 11.2. The molecule has 0 unspecified atom stereocenters. The number of rotatable bonds is 6. The topological polar surface area (TPSA) is 75.5 Å². The number of hydrogen-bond acceptors (Lipinski definition) is 5. The smallest absolute Gasteiger partial charge is 0.358 e. The quantitative estimate of drug-likeness (QED) is 0.822. The summed E-state index contributed by atoms with van der Waals surface area (Å²) in [5.41, 5.74) is -0.0764. The van der Waals surface area contributed by atoms with E-state index >= 15 is 0 Å². The second-order valence-electron chi connectivity index (χ2n) is 4.55. The van der Waals surface area contributed by atoms with Gasteiger partial charge < -0.3 is 14.7 Å². The predicted molar refractivity (Wildman–Crippen MR) is 67.1 cm³/mol. The van der Waals surface area contributed by atoms with Crippen LogP contribution in [-0.2, 0) is 0 Å². The lowest BCUT2D eigenvalue weighted by Crippen LogP contribution is -2.20. The van der Waals surface area contributed by atoms with Crippen LogP contribution < -0.4 is 4.74 Å². The van der Waals surface area contributed by atoms with Gasteiger partial charge in [0.15, 0.2) is 11.4 Å². The summed E-state index contributed by atoms with van der Waals surface area (Å²) in [5.74, 6) is -0.292. The van der Waals surface area contributed by atoms with E-state index in [9.17, 15) is 4.79 Å². The van der Waals surface area contributed by atoms with E-state index in [1.807, 2.05) is 32.8 Å². The Morgan fingerprint density at radius 1 is 1.50 bits per heavy atom. The summed E-state index contributed by atoms with van der Waals surface area (Å²) in [5, 5.41) is 9.10. The van der Waals surface area contributed by atoms with Gasteiger partial charge in [0.05, 0.1) is 6.20 Å². The average molecular weight is 253 g/mol. The minimum Gasteiger partial charge on any atom is -0.488 e. The summed E-state index contributed by atoms with van der Waals surface area (Å²) in [6.45, 7) is 4.92. The van der Waals surface area contributed by atoms with Crippen molar-refractivity contribution in [2.45, 2.75) is 19.8 Å². The van der Waals surface area contributed by atoms with Crippen LogP contribution in [0.2, 0.25) is 0 Å². The fourth-order valence-corrected chi connectivity index (χ4v) is 1.26. The van der Waals surface area contributed by atoms with Crippen molar-refractivity contribution in [3.63, 3.8) is 0 Å². The molecule has 6 nitrogen and oxygen atoms in total. The molecule has 1 rings (SSSR count). The van der Waals surface area contributed by atoms with Crippen LogP contribution in [0.25, 0.3) is 0 Å². The van der Waals surface area contributed by atoms with Crippen LogP contribution in [-0.4, -0.2) is 53.2 Å². The van der Waals surface area contributed by atoms with Crippen LogP contribution in [0.1, 0.15) is 36.1 Å². The number of carboxylic acid groups (broad SMARTS) is 1. The molecule has 1 N–H and O–H groups in total. The van der Waals surface area contributed by atoms with Crippen molar-refractivity contribution in [1.82, 2.24) is 14.9 Å². The molecule has 0 aliphatic carbocycles. The van der Waals surface area contributed by atoms with Crippen molar-refractivity contribution in [2.24, 2.45) is 0 Å². The lowest BCUT2D eigenvalue weighted by atomic mass is 10.2. The lowest BCUT2D eigenvalue weighted by molar-refractivity contribution is 0.0684. The summed E-state index contributed by atoms with van der Waals surface area (Å²) >= 11 is 0. The first kappa shape index (κ1) is 14.4. The third kappa shape index (κ3) is 3.96. The maximum Gasteiger partial charge on any atom is 0.358 e. The van der Waals surface area contributed by atoms with Gasteiger partial charge in [-0.1, -0.05) is 13.8 Å². The van der Waals surface area contributed by atoms with Crippen LogP contribution in [0.3, 0.4) is 0 Å². The molecule has 0 aromatic carbocycles. The second kappa shape index (κ2) is 6.30. The fraction of sp³-hybridized carbons (Fsp3) is 0.583. The highest BCUT2D eigenvalue weighted by Crippen LogP contribution is 2.18. The van der Waals surface area contributed by atoms with Crippen LogP contribution in [0.4, 0.5) is 0 Å². The number of aromatic carboxylic acids is 1. The Kier molecular flexibility index (Phi) is 5.03. The predicted octanol–water partition coefficient (Wildman–Crippen LogP) is 1.24. The molecular formula is C12H19N3O3. The van der Waals surface area contributed by atoms with Crippen molar-refractivity contribution in [3.8, 4) is 5.75 Å². The lowest BCUT2D eigenvalue weighted by Gasteiger charge is -2.13. The first-order valence-corrected chi connectivity index (χ1v) is 5.79. The highest BCUT2D eigenvalue weighted by Gasteiger charge is 2.16. The minimum atomic E-state index is -1.10. The molecule has 1 aromatic heterocycles. The number of nitrogens with zero attached hydrogens (tertiary/aromatic N) is 3. The molecule has 0 aliphatic rings. The maximum atomic E-state index is 11.1. The van der Waals surface area contributed by atoms with Gasteiger partial charge in [-0.2, -0.15) is 0 Å². The van der Waals surface area contributed by atoms with Crippen LogP contribution in [0, 0.1) is 0 Å². The number of ether oxygens (including phenoxy) is 1. The van der Waals surface area contributed by atoms with Crippen LogP contribution >= 0.6 is 0 Å². The molecule has 18 heavy (non-hydrogen) atoms. The van der Waals surface area contributed by atoms with E-state index < -0.39 is 5.97 Å². The van der Waals surface area contributed by atoms with E-state index in [1.54, 1.807) is 0 Å². The molecule has 0 bridgehead atoms. The van der Waals surface area contributed by atoms with Crippen LogP contribution in [0.5, 0.6) is 5.75 Å². The molecular weight excluding hydrogens is 234 g/mol. The molecule has 0 aliphatic heterocycles. The largest absolute Gasteiger partial charge is 0.488 e. The molecule has 6 heteroatoms. The molecule has 100 valence electrons. The molecule has 0 amide bonds. The number of carboxylic acids is 1. The summed E-state index contributed by atoms with van der Waals surface area (Å²) in [4.78, 5) is 21.2. The molecule has 0 fully saturated rings. The van der Waals surface area contributed by atoms with E-state index in [2.05, 4.69) is 9.97 Å². The number of likely N-dealkylation sites (N-methyl/N-ethyl adjacent to an activating group) is 1. The first-order valence-electron chi connectivity index (χ1n) is 5.79. The van der Waals surface area contributed by atoms with Crippen molar-refractivity contribution >= 4 is 5.97 Å². The van der Waals surface area contributed by atoms with E-state index in [0.29, 0.717) is 19.0 Å². The maximum absolute atomic E-state index is 11.1. The van der Waals surface area contributed by atoms with Gasteiger partial charge in [0.1, 0.15) is 12.4 Å². The molecule has 0 spiro atoms. The van der Waals surface area contributed by atoms with E-state index in [4.69, 9.17) is 9.84 Å². The summed E-state index contributed by atoms with van der Waals surface area (Å²) in [6, 6.07) is 0. The van der Waals surface area contributed by atoms with Gasteiger partial charge >= 0.3 is 5.97 Å². The van der Waals surface area contributed by atoms with Crippen molar-refractivity contribution in [3.05, 3.63) is 17.7 Å². The third-order valence-electron chi connectivity index (χ3n) is 2.29. The fourth-order valence-electron chi connectivity index (χ4n) is 1.26. The van der Waals surface area contributed by atoms with Gasteiger partial charge in [-0.3, -0.25) is 0 Å². The van der Waals surface area contributed by atoms with Gasteiger partial charge in [0, 0.05) is 12.5 Å². The Bertz CT molecular complexity index is 419. The molecule has 0 atom stereocenters. The highest BCUT2D eigenvalue weighted by molar-refractivity contribution is 5.88. The standard InChI is InChI=1S/C12H19N3O3/c1-8(2)11-13-7-9(10(14-11)12(16)17)18-6-5-15(3)4/h7-8H,5-6H2,1-4H3,(H,16,17). The normalized spacial score (nSPS) is 11.0. The Balaban J connectivity index is 2.87. The van der Waals surface area contributed by atoms with Gasteiger partial charge in [0.2, 0.25) is 0 Å². The zero-order valence-corrected chi connectivity index (χ0v) is 11.2. The summed E-state index contributed by atoms with van der Waals surface area (Å²) in [6.07, 6.45) is 1.43. The van der Waals surface area contributed by atoms with Crippen LogP contribution in [0.15, 0.2) is 6.20 Å². The number of aromatic nitrogens is 2. The highest BCUT2D eigenvalue weighted by atomic mass is 16.5. The molecule has 1 heterocycles. The average Bonchev–Trinajstić information content (AvgIpc) is 2.28. The van der Waals surface area contributed by atoms with Crippen molar-refractivity contribution in [1.29, 1.82) is 0 Å². The first-order chi connectivity index (χ1) is 8.41. The minimum absolute atomic E-state index is 0.0764. The summed E-state index contributed by atoms with van der Waals surface area (Å²) in [7, 11) is 3.83. The Morgan fingerprint density at radius 2 is 2.17 bits per heavy atom. The Labute approximate surface area is 107 Å². The second-order valence-corrected chi connectivity index (χ2v) is 4.55. The Hall–Kier alpha value is -1.69. The van der Waals surface area contributed by atoms with E-state index in [-0.39, 0.29) is 17.4 Å². The Morgan fingerprint density at radius 3 is 2.67 bits per heavy atom. The number of hydrogen-bond donors (Lipinski definition) is 1. The molecule has 0 saturated carbocycles. The van der Waals surface area contributed by atoms with Crippen molar-refractivity contribution in [2.75, 3.05) is 27.2 Å². The summed E-state index contributed by atoms with van der Waals surface area (Å²) < 4.78 is 5.40. The monoisotopic (exact) mass is 253 g/mol. The zero-order chi connectivity index (χ0) is 13.7. The molecule has 1 aromatic rings. The number of carbonyl (C=O) groups is 1. The SMILES string of the molecule is CC(C)c1ncc(OCCN(C)C)c(C(=O)O)n1. The van der Waals surface area contributed by atoms with Gasteiger partial charge in [-0.15, -0.1) is 0 Å². The van der Waals surface area contributed by atoms with E-state index in [0.717, 1.165) is 0 Å². The molecule has 0 saturated heterocycles.